The van der Waals surface area contributed by atoms with Crippen LogP contribution < -0.4 is 17.2 Å². The van der Waals surface area contributed by atoms with Crippen LogP contribution in [0, 0.1) is 41.5 Å². The Labute approximate surface area is 251 Å². The Morgan fingerprint density at radius 3 is 0.548 bits per heavy atom. The highest BCUT2D eigenvalue weighted by atomic mass is 32.2. The minimum atomic E-state index is -3.67. The molecule has 0 aliphatic rings. The molecule has 0 atom stereocenters. The lowest BCUT2D eigenvalue weighted by Gasteiger charge is -1.97. The van der Waals surface area contributed by atoms with Gasteiger partial charge in [-0.1, -0.05) is 18.2 Å². The molecular formula is C27H45N3O9S3. The van der Waals surface area contributed by atoms with Crippen LogP contribution in [-0.2, 0) is 30.4 Å². The van der Waals surface area contributed by atoms with Crippen molar-refractivity contribution in [1.29, 1.82) is 0 Å². The highest BCUT2D eigenvalue weighted by Gasteiger charge is 1.90. The third-order valence-electron chi connectivity index (χ3n) is 3.73. The van der Waals surface area contributed by atoms with E-state index in [2.05, 4.69) is 18.2 Å². The van der Waals surface area contributed by atoms with E-state index in [4.69, 9.17) is 30.9 Å². The van der Waals surface area contributed by atoms with E-state index in [0.29, 0.717) is 18.8 Å². The van der Waals surface area contributed by atoms with E-state index in [1.54, 1.807) is 0 Å². The third-order valence-corrected chi connectivity index (χ3v) is 3.73. The van der Waals surface area contributed by atoms with Crippen LogP contribution in [0.5, 0.6) is 0 Å². The van der Waals surface area contributed by atoms with E-state index < -0.39 is 30.4 Å². The normalized spacial score (nSPS) is 10.3. The molecule has 0 amide bonds. The maximum atomic E-state index is 9.19. The molecule has 240 valence electrons. The van der Waals surface area contributed by atoms with Crippen molar-refractivity contribution in [2.75, 3.05) is 36.0 Å². The molecule has 0 bridgehead atoms. The summed E-state index contributed by atoms with van der Waals surface area (Å²) in [6.07, 6.45) is 2.15. The predicted molar refractivity (Wildman–Crippen MR) is 173 cm³/mol. The summed E-state index contributed by atoms with van der Waals surface area (Å²) in [6.45, 7) is 12.3. The molecule has 3 aromatic carbocycles. The highest BCUT2D eigenvalue weighted by Crippen LogP contribution is 2.10. The number of nitrogens with two attached hydrogens (primary N) is 3. The molecule has 15 heteroatoms. The predicted octanol–water partition coefficient (Wildman–Crippen LogP) is 4.17. The molecule has 0 saturated heterocycles. The molecule has 9 N–H and O–H groups in total. The minimum Gasteiger partial charge on any atom is -0.399 e. The highest BCUT2D eigenvalue weighted by molar-refractivity contribution is 7.85. The largest absolute Gasteiger partial charge is 0.399 e. The lowest BCUT2D eigenvalue weighted by atomic mass is 10.1. The number of benzene rings is 3. The Morgan fingerprint density at radius 1 is 0.381 bits per heavy atom. The quantitative estimate of drug-likeness (QED) is 0.148. The number of aryl methyl sites for hydroxylation is 6. The fraction of sp³-hybridized carbons (Fsp3) is 0.333. The van der Waals surface area contributed by atoms with Crippen molar-refractivity contribution in [3.63, 3.8) is 0 Å². The zero-order valence-electron chi connectivity index (χ0n) is 25.4. The summed E-state index contributed by atoms with van der Waals surface area (Å²) in [5, 5.41) is 0. The summed E-state index contributed by atoms with van der Waals surface area (Å²) in [4.78, 5) is 0. The Kier molecular flexibility index (Phi) is 20.4. The van der Waals surface area contributed by atoms with Crippen molar-refractivity contribution in [1.82, 2.24) is 0 Å². The smallest absolute Gasteiger partial charge is 0.261 e. The molecule has 0 aliphatic carbocycles. The second-order valence-corrected chi connectivity index (χ2v) is 13.9. The van der Waals surface area contributed by atoms with Crippen molar-refractivity contribution in [2.24, 2.45) is 0 Å². The van der Waals surface area contributed by atoms with Crippen LogP contribution in [0.25, 0.3) is 0 Å². The second-order valence-electron chi connectivity index (χ2n) is 9.46. The van der Waals surface area contributed by atoms with Gasteiger partial charge in [-0.25, -0.2) is 0 Å². The molecule has 0 aliphatic heterocycles. The van der Waals surface area contributed by atoms with Gasteiger partial charge in [-0.05, 0) is 111 Å². The first-order valence-electron chi connectivity index (χ1n) is 11.8. The lowest BCUT2D eigenvalue weighted by molar-refractivity contribution is 0.488. The van der Waals surface area contributed by atoms with Gasteiger partial charge in [-0.3, -0.25) is 13.7 Å². The minimum absolute atomic E-state index is 0.715. The number of hydrogen-bond donors (Lipinski definition) is 6. The maximum Gasteiger partial charge on any atom is 0.261 e. The Balaban J connectivity index is -0.000000446. The van der Waals surface area contributed by atoms with Gasteiger partial charge in [0.2, 0.25) is 0 Å². The summed E-state index contributed by atoms with van der Waals surface area (Å²) in [5.74, 6) is 0. The Morgan fingerprint density at radius 2 is 0.476 bits per heavy atom. The standard InChI is InChI=1S/3C8H11N.3CH4O3S/c3*1-6-3-7(2)5-8(9)4-6;3*1-5(2,3)4/h3*3-5H,9H2,1-2H3;3*1H3,(H,2,3,4). The average Bonchev–Trinajstić information content (AvgIpc) is 2.61. The van der Waals surface area contributed by atoms with Gasteiger partial charge in [0.15, 0.2) is 0 Å². The molecule has 0 unspecified atom stereocenters. The molecule has 42 heavy (non-hydrogen) atoms. The second kappa shape index (κ2) is 19.8. The van der Waals surface area contributed by atoms with E-state index >= 15 is 0 Å². The molecule has 12 nitrogen and oxygen atoms in total. The number of anilines is 3. The van der Waals surface area contributed by atoms with E-state index in [1.807, 2.05) is 77.9 Å². The molecular weight excluding hydrogens is 607 g/mol. The van der Waals surface area contributed by atoms with Crippen LogP contribution in [0.1, 0.15) is 33.4 Å². The van der Waals surface area contributed by atoms with Crippen LogP contribution in [0.15, 0.2) is 54.6 Å². The van der Waals surface area contributed by atoms with Gasteiger partial charge >= 0.3 is 0 Å². The summed E-state index contributed by atoms with van der Waals surface area (Å²) in [5.41, 5.74) is 26.6. The number of nitrogen functional groups attached to an aromatic ring is 3. The number of rotatable bonds is 0. The fourth-order valence-electron chi connectivity index (χ4n) is 3.03. The molecule has 3 aromatic rings. The molecule has 0 aromatic heterocycles. The molecule has 0 heterocycles. The molecule has 0 fully saturated rings. The molecule has 0 spiro atoms. The van der Waals surface area contributed by atoms with E-state index in [-0.39, 0.29) is 0 Å². The molecule has 0 radical (unpaired) electrons. The van der Waals surface area contributed by atoms with Crippen molar-refractivity contribution in [3.8, 4) is 0 Å². The number of hydrogen-bond acceptors (Lipinski definition) is 9. The van der Waals surface area contributed by atoms with E-state index in [0.717, 1.165) is 17.1 Å². The molecule has 3 rings (SSSR count). The average molecular weight is 652 g/mol. The summed E-state index contributed by atoms with van der Waals surface area (Å²) in [6, 6.07) is 18.1. The SMILES string of the molecule is CS(=O)(=O)O.CS(=O)(=O)O.CS(=O)(=O)O.Cc1cc(C)cc(N)c1.Cc1cc(C)cc(N)c1.Cc1cc(C)cc(N)c1. The zero-order chi connectivity index (χ0) is 34.1. The first-order chi connectivity index (χ1) is 18.5. The van der Waals surface area contributed by atoms with Crippen LogP contribution in [0.4, 0.5) is 17.1 Å². The summed E-state index contributed by atoms with van der Waals surface area (Å²) >= 11 is 0. The van der Waals surface area contributed by atoms with Crippen LogP contribution in [0.3, 0.4) is 0 Å². The Bertz CT molecular complexity index is 1210. The third kappa shape index (κ3) is 43.8. The van der Waals surface area contributed by atoms with Crippen LogP contribution in [-0.4, -0.2) is 57.7 Å². The van der Waals surface area contributed by atoms with Gasteiger partial charge in [-0.2, -0.15) is 25.3 Å². The van der Waals surface area contributed by atoms with Gasteiger partial charge in [0, 0.05) is 17.1 Å². The van der Waals surface area contributed by atoms with Gasteiger partial charge in [-0.15, -0.1) is 0 Å². The van der Waals surface area contributed by atoms with E-state index in [9.17, 15) is 25.3 Å². The lowest BCUT2D eigenvalue weighted by Crippen LogP contribution is -1.88. The summed E-state index contributed by atoms with van der Waals surface area (Å²) < 4.78 is 77.6. The van der Waals surface area contributed by atoms with Crippen molar-refractivity contribution >= 4 is 47.4 Å². The summed E-state index contributed by atoms with van der Waals surface area (Å²) in [7, 11) is -11.0. The first kappa shape index (κ1) is 43.2. The van der Waals surface area contributed by atoms with Crippen molar-refractivity contribution < 1.29 is 38.9 Å². The van der Waals surface area contributed by atoms with Gasteiger partial charge in [0.05, 0.1) is 18.8 Å². The van der Waals surface area contributed by atoms with Gasteiger partial charge in [0.1, 0.15) is 0 Å². The zero-order valence-corrected chi connectivity index (χ0v) is 27.9. The van der Waals surface area contributed by atoms with Gasteiger partial charge < -0.3 is 17.2 Å². The van der Waals surface area contributed by atoms with Crippen molar-refractivity contribution in [3.05, 3.63) is 88.0 Å². The van der Waals surface area contributed by atoms with Crippen LogP contribution in [0.2, 0.25) is 0 Å². The van der Waals surface area contributed by atoms with Gasteiger partial charge in [0.25, 0.3) is 30.4 Å². The van der Waals surface area contributed by atoms with Crippen molar-refractivity contribution in [2.45, 2.75) is 41.5 Å². The first-order valence-corrected chi connectivity index (χ1v) is 17.4. The topological polar surface area (TPSA) is 241 Å². The van der Waals surface area contributed by atoms with Crippen LogP contribution >= 0.6 is 0 Å². The van der Waals surface area contributed by atoms with E-state index in [1.165, 1.54) is 33.4 Å². The maximum absolute atomic E-state index is 9.19. The fourth-order valence-corrected chi connectivity index (χ4v) is 3.03. The Hall–Kier alpha value is -3.21. The molecule has 0 saturated carbocycles. The monoisotopic (exact) mass is 651 g/mol.